The maximum absolute atomic E-state index is 6.10. The maximum atomic E-state index is 6.10. The Hall–Kier alpha value is -1.13. The molecule has 104 valence electrons. The number of fused-ring (bicyclic) bond motifs is 1. The largest absolute Gasteiger partial charge is 0.489 e. The van der Waals surface area contributed by atoms with Gasteiger partial charge in [-0.1, -0.05) is 28.1 Å². The van der Waals surface area contributed by atoms with Crippen LogP contribution in [0.3, 0.4) is 0 Å². The SMILES string of the molecule is Cc1cccc(SCC2Cc3cc(Br)ccc3O2)c1N. The minimum Gasteiger partial charge on any atom is -0.489 e. The Morgan fingerprint density at radius 3 is 3.05 bits per heavy atom. The molecule has 1 aliphatic rings. The summed E-state index contributed by atoms with van der Waals surface area (Å²) in [6, 6.07) is 12.4. The lowest BCUT2D eigenvalue weighted by Gasteiger charge is -2.12. The van der Waals surface area contributed by atoms with Gasteiger partial charge >= 0.3 is 0 Å². The van der Waals surface area contributed by atoms with Crippen LogP contribution in [0.1, 0.15) is 11.1 Å². The number of nitrogen functional groups attached to an aromatic ring is 1. The van der Waals surface area contributed by atoms with Crippen molar-refractivity contribution in [2.24, 2.45) is 0 Å². The number of benzene rings is 2. The summed E-state index contributed by atoms with van der Waals surface area (Å²) in [5.41, 5.74) is 9.40. The predicted molar refractivity (Wildman–Crippen MR) is 88.6 cm³/mol. The van der Waals surface area contributed by atoms with Gasteiger partial charge in [-0.05, 0) is 42.3 Å². The number of aryl methyl sites for hydroxylation is 1. The van der Waals surface area contributed by atoms with Crippen molar-refractivity contribution in [3.05, 3.63) is 52.0 Å². The van der Waals surface area contributed by atoms with E-state index < -0.39 is 0 Å². The lowest BCUT2D eigenvalue weighted by Crippen LogP contribution is -2.15. The summed E-state index contributed by atoms with van der Waals surface area (Å²) in [6.07, 6.45) is 1.19. The van der Waals surface area contributed by atoms with Gasteiger partial charge in [0.15, 0.2) is 0 Å². The molecule has 3 rings (SSSR count). The molecule has 1 atom stereocenters. The number of para-hydroxylation sites is 1. The molecule has 2 aromatic rings. The molecule has 2 N–H and O–H groups in total. The Kier molecular flexibility index (Phi) is 3.94. The zero-order valence-electron chi connectivity index (χ0n) is 11.2. The third kappa shape index (κ3) is 2.81. The Morgan fingerprint density at radius 2 is 2.20 bits per heavy atom. The average molecular weight is 350 g/mol. The van der Waals surface area contributed by atoms with E-state index in [0.29, 0.717) is 0 Å². The third-order valence-corrected chi connectivity index (χ3v) is 5.17. The van der Waals surface area contributed by atoms with Gasteiger partial charge in [-0.25, -0.2) is 0 Å². The fraction of sp³-hybridized carbons (Fsp3) is 0.250. The monoisotopic (exact) mass is 349 g/mol. The molecule has 1 unspecified atom stereocenters. The molecule has 2 nitrogen and oxygen atoms in total. The average Bonchev–Trinajstić information content (AvgIpc) is 2.82. The highest BCUT2D eigenvalue weighted by Crippen LogP contribution is 2.34. The van der Waals surface area contributed by atoms with Crippen LogP contribution in [-0.4, -0.2) is 11.9 Å². The molecule has 1 heterocycles. The minimum atomic E-state index is 0.226. The van der Waals surface area contributed by atoms with Crippen molar-refractivity contribution < 1.29 is 4.74 Å². The molecule has 0 bridgehead atoms. The summed E-state index contributed by atoms with van der Waals surface area (Å²) in [7, 11) is 0. The summed E-state index contributed by atoms with van der Waals surface area (Å²) in [5, 5.41) is 0. The number of ether oxygens (including phenoxy) is 1. The molecule has 0 radical (unpaired) electrons. The van der Waals surface area contributed by atoms with Gasteiger partial charge in [0.05, 0.1) is 0 Å². The number of halogens is 1. The first-order valence-electron chi connectivity index (χ1n) is 6.56. The van der Waals surface area contributed by atoms with E-state index in [-0.39, 0.29) is 6.10 Å². The standard InChI is InChI=1S/C16H16BrNOS/c1-10-3-2-4-15(16(10)18)20-9-13-8-11-7-12(17)5-6-14(11)19-13/h2-7,13H,8-9,18H2,1H3. The Bertz CT molecular complexity index is 644. The molecule has 0 aromatic heterocycles. The quantitative estimate of drug-likeness (QED) is 0.657. The van der Waals surface area contributed by atoms with Gasteiger partial charge in [0.1, 0.15) is 11.9 Å². The van der Waals surface area contributed by atoms with E-state index in [1.54, 1.807) is 11.8 Å². The third-order valence-electron chi connectivity index (χ3n) is 3.47. The number of nitrogens with two attached hydrogens (primary N) is 1. The molecular weight excluding hydrogens is 334 g/mol. The Morgan fingerprint density at radius 1 is 1.35 bits per heavy atom. The van der Waals surface area contributed by atoms with Crippen molar-refractivity contribution in [3.8, 4) is 5.75 Å². The minimum absolute atomic E-state index is 0.226. The van der Waals surface area contributed by atoms with Gasteiger partial charge in [0.25, 0.3) is 0 Å². The first kappa shape index (κ1) is 13.8. The fourth-order valence-electron chi connectivity index (χ4n) is 2.34. The fourth-order valence-corrected chi connectivity index (χ4v) is 3.80. The van der Waals surface area contributed by atoms with E-state index in [1.165, 1.54) is 5.56 Å². The Balaban J connectivity index is 1.65. The second-order valence-electron chi connectivity index (χ2n) is 4.99. The number of hydrogen-bond donors (Lipinski definition) is 1. The first-order chi connectivity index (χ1) is 9.63. The van der Waals surface area contributed by atoms with Crippen LogP contribution in [0.25, 0.3) is 0 Å². The van der Waals surface area contributed by atoms with E-state index in [9.17, 15) is 0 Å². The van der Waals surface area contributed by atoms with Crippen LogP contribution in [0.5, 0.6) is 5.75 Å². The molecule has 4 heteroatoms. The van der Waals surface area contributed by atoms with Crippen molar-refractivity contribution in [1.29, 1.82) is 0 Å². The lowest BCUT2D eigenvalue weighted by atomic mass is 10.1. The number of thioether (sulfide) groups is 1. The lowest BCUT2D eigenvalue weighted by molar-refractivity contribution is 0.259. The second kappa shape index (κ2) is 5.70. The smallest absolute Gasteiger partial charge is 0.123 e. The van der Waals surface area contributed by atoms with Crippen molar-refractivity contribution in [3.63, 3.8) is 0 Å². The highest BCUT2D eigenvalue weighted by Gasteiger charge is 2.23. The van der Waals surface area contributed by atoms with Crippen LogP contribution in [0.4, 0.5) is 5.69 Å². The highest BCUT2D eigenvalue weighted by molar-refractivity contribution is 9.10. The van der Waals surface area contributed by atoms with Crippen LogP contribution in [0, 0.1) is 6.92 Å². The van der Waals surface area contributed by atoms with Crippen molar-refractivity contribution >= 4 is 33.4 Å². The predicted octanol–water partition coefficient (Wildman–Crippen LogP) is 4.44. The maximum Gasteiger partial charge on any atom is 0.123 e. The number of hydrogen-bond acceptors (Lipinski definition) is 3. The van der Waals surface area contributed by atoms with Crippen LogP contribution in [0.15, 0.2) is 45.8 Å². The van der Waals surface area contributed by atoms with E-state index >= 15 is 0 Å². The summed E-state index contributed by atoms with van der Waals surface area (Å²) >= 11 is 5.27. The zero-order chi connectivity index (χ0) is 14.1. The molecule has 0 spiro atoms. The molecule has 0 amide bonds. The van der Waals surface area contributed by atoms with Crippen LogP contribution >= 0.6 is 27.7 Å². The Labute approximate surface area is 131 Å². The van der Waals surface area contributed by atoms with Gasteiger partial charge in [-0.3, -0.25) is 0 Å². The van der Waals surface area contributed by atoms with Gasteiger partial charge in [-0.2, -0.15) is 0 Å². The molecule has 0 aliphatic carbocycles. The van der Waals surface area contributed by atoms with E-state index in [4.69, 9.17) is 10.5 Å². The zero-order valence-corrected chi connectivity index (χ0v) is 13.6. The van der Waals surface area contributed by atoms with Gasteiger partial charge < -0.3 is 10.5 Å². The highest BCUT2D eigenvalue weighted by atomic mass is 79.9. The molecule has 0 fully saturated rings. The summed E-state index contributed by atoms with van der Waals surface area (Å²) in [6.45, 7) is 2.04. The van der Waals surface area contributed by atoms with Gasteiger partial charge in [0.2, 0.25) is 0 Å². The molecule has 1 aliphatic heterocycles. The van der Waals surface area contributed by atoms with Gasteiger partial charge in [0, 0.05) is 27.2 Å². The normalized spacial score (nSPS) is 16.8. The number of anilines is 1. The van der Waals surface area contributed by atoms with Crippen molar-refractivity contribution in [1.82, 2.24) is 0 Å². The molecule has 0 saturated carbocycles. The molecule has 2 aromatic carbocycles. The summed E-state index contributed by atoms with van der Waals surface area (Å²) < 4.78 is 7.08. The molecule has 20 heavy (non-hydrogen) atoms. The molecule has 0 saturated heterocycles. The van der Waals surface area contributed by atoms with E-state index in [1.807, 2.05) is 25.1 Å². The van der Waals surface area contributed by atoms with E-state index in [2.05, 4.69) is 34.1 Å². The van der Waals surface area contributed by atoms with Crippen LogP contribution < -0.4 is 10.5 Å². The van der Waals surface area contributed by atoms with Gasteiger partial charge in [-0.15, -0.1) is 11.8 Å². The molecular formula is C16H16BrNOS. The summed E-state index contributed by atoms with van der Waals surface area (Å²) in [5.74, 6) is 1.93. The second-order valence-corrected chi connectivity index (χ2v) is 6.97. The van der Waals surface area contributed by atoms with E-state index in [0.717, 1.165) is 38.5 Å². The van der Waals surface area contributed by atoms with Crippen LogP contribution in [0.2, 0.25) is 0 Å². The topological polar surface area (TPSA) is 35.2 Å². The number of rotatable bonds is 3. The van der Waals surface area contributed by atoms with Crippen molar-refractivity contribution in [2.45, 2.75) is 24.3 Å². The van der Waals surface area contributed by atoms with Crippen molar-refractivity contribution in [2.75, 3.05) is 11.5 Å². The summed E-state index contributed by atoms with van der Waals surface area (Å²) in [4.78, 5) is 1.14. The van der Waals surface area contributed by atoms with Crippen LogP contribution in [-0.2, 0) is 6.42 Å². The first-order valence-corrected chi connectivity index (χ1v) is 8.34.